The molecule has 1 aliphatic heterocycles. The number of nitrogens with one attached hydrogen (secondary N) is 1. The normalized spacial score (nSPS) is 19.8. The number of carbonyl (C=O) groups excluding carboxylic acids is 1. The molecule has 0 aromatic heterocycles. The fraction of sp³-hybridized carbons (Fsp3) is 0.409. The van der Waals surface area contributed by atoms with Crippen molar-refractivity contribution in [1.29, 1.82) is 0 Å². The minimum absolute atomic E-state index is 0.0395. The summed E-state index contributed by atoms with van der Waals surface area (Å²) in [4.78, 5) is 14.5. The lowest BCUT2D eigenvalue weighted by Crippen LogP contribution is -2.58. The highest BCUT2D eigenvalue weighted by Crippen LogP contribution is 2.23. The maximum atomic E-state index is 13.7. The Morgan fingerprint density at radius 1 is 1.14 bits per heavy atom. The van der Waals surface area contributed by atoms with E-state index >= 15 is 0 Å². The standard InChI is InChI=1S/C22H26F2N2O2/c23-19-10-9-18(20(24)14-19)15-25-16-22(28)11-5-13-26(21(22)27)12-4-8-17-6-2-1-3-7-17/h1-3,6-7,9-10,14,25,28H,4-5,8,11-13,15-16H2/t22-/m0/s1. The SMILES string of the molecule is O=C1N(CCCc2ccccc2)CCC[C@]1(O)CNCc1ccc(F)cc1F. The van der Waals surface area contributed by atoms with Crippen LogP contribution in [-0.4, -0.2) is 41.1 Å². The first kappa shape index (κ1) is 20.4. The van der Waals surface area contributed by atoms with Gasteiger partial charge in [-0.1, -0.05) is 36.4 Å². The number of nitrogens with zero attached hydrogens (tertiary/aromatic N) is 1. The molecule has 0 aliphatic carbocycles. The van der Waals surface area contributed by atoms with Crippen LogP contribution in [0.4, 0.5) is 8.78 Å². The second-order valence-corrected chi connectivity index (χ2v) is 7.36. The van der Waals surface area contributed by atoms with Crippen LogP contribution in [0.1, 0.15) is 30.4 Å². The van der Waals surface area contributed by atoms with E-state index in [1.165, 1.54) is 17.7 Å². The van der Waals surface area contributed by atoms with Crippen LogP contribution in [0.25, 0.3) is 0 Å². The molecule has 150 valence electrons. The van der Waals surface area contributed by atoms with E-state index in [-0.39, 0.29) is 19.0 Å². The summed E-state index contributed by atoms with van der Waals surface area (Å²) in [5.41, 5.74) is 0.0415. The summed E-state index contributed by atoms with van der Waals surface area (Å²) in [5.74, 6) is -1.55. The van der Waals surface area contributed by atoms with E-state index in [4.69, 9.17) is 0 Å². The number of piperidine rings is 1. The van der Waals surface area contributed by atoms with Gasteiger partial charge in [-0.05, 0) is 37.3 Å². The number of hydrogen-bond donors (Lipinski definition) is 2. The third-order valence-corrected chi connectivity index (χ3v) is 5.19. The molecular weight excluding hydrogens is 362 g/mol. The van der Waals surface area contributed by atoms with Crippen LogP contribution in [0.2, 0.25) is 0 Å². The Morgan fingerprint density at radius 2 is 1.93 bits per heavy atom. The Balaban J connectivity index is 1.50. The topological polar surface area (TPSA) is 52.6 Å². The van der Waals surface area contributed by atoms with Gasteiger partial charge >= 0.3 is 0 Å². The van der Waals surface area contributed by atoms with E-state index < -0.39 is 17.2 Å². The van der Waals surface area contributed by atoms with Crippen molar-refractivity contribution in [2.24, 2.45) is 0 Å². The molecule has 1 amide bonds. The second kappa shape index (κ2) is 9.26. The Kier molecular flexibility index (Phi) is 6.75. The summed E-state index contributed by atoms with van der Waals surface area (Å²) in [7, 11) is 0. The second-order valence-electron chi connectivity index (χ2n) is 7.36. The van der Waals surface area contributed by atoms with Crippen LogP contribution in [-0.2, 0) is 17.8 Å². The lowest BCUT2D eigenvalue weighted by Gasteiger charge is -2.38. The number of aliphatic hydroxyl groups is 1. The quantitative estimate of drug-likeness (QED) is 0.731. The highest BCUT2D eigenvalue weighted by Gasteiger charge is 2.41. The molecule has 1 aliphatic rings. The number of aryl methyl sites for hydroxylation is 1. The molecule has 0 bridgehead atoms. The van der Waals surface area contributed by atoms with Gasteiger partial charge in [0.2, 0.25) is 0 Å². The van der Waals surface area contributed by atoms with Gasteiger partial charge in [0, 0.05) is 37.8 Å². The summed E-state index contributed by atoms with van der Waals surface area (Å²) in [6.07, 6.45) is 2.81. The molecule has 2 aromatic carbocycles. The van der Waals surface area contributed by atoms with Gasteiger partial charge in [0.05, 0.1) is 0 Å². The molecule has 6 heteroatoms. The van der Waals surface area contributed by atoms with Crippen molar-refractivity contribution in [3.8, 4) is 0 Å². The molecule has 1 heterocycles. The van der Waals surface area contributed by atoms with Crippen molar-refractivity contribution in [1.82, 2.24) is 10.2 Å². The predicted molar refractivity (Wildman–Crippen MR) is 104 cm³/mol. The van der Waals surface area contributed by atoms with Crippen LogP contribution >= 0.6 is 0 Å². The third-order valence-electron chi connectivity index (χ3n) is 5.19. The Morgan fingerprint density at radius 3 is 2.68 bits per heavy atom. The summed E-state index contributed by atoms with van der Waals surface area (Å²) in [5, 5.41) is 13.8. The summed E-state index contributed by atoms with van der Waals surface area (Å²) in [6.45, 7) is 1.40. The molecule has 0 radical (unpaired) electrons. The molecule has 0 spiro atoms. The number of benzene rings is 2. The van der Waals surface area contributed by atoms with Gasteiger partial charge in [-0.3, -0.25) is 4.79 Å². The molecule has 2 aromatic rings. The smallest absolute Gasteiger partial charge is 0.255 e. The molecule has 1 fully saturated rings. The van der Waals surface area contributed by atoms with Gasteiger partial charge in [0.25, 0.3) is 5.91 Å². The average Bonchev–Trinajstić information content (AvgIpc) is 2.68. The van der Waals surface area contributed by atoms with Crippen molar-refractivity contribution in [2.75, 3.05) is 19.6 Å². The van der Waals surface area contributed by atoms with Crippen LogP contribution in [0.15, 0.2) is 48.5 Å². The van der Waals surface area contributed by atoms with Crippen molar-refractivity contribution < 1.29 is 18.7 Å². The number of carbonyl (C=O) groups is 1. The van der Waals surface area contributed by atoms with Gasteiger partial charge in [0.1, 0.15) is 11.6 Å². The summed E-state index contributed by atoms with van der Waals surface area (Å²) in [6, 6.07) is 13.5. The number of amides is 1. The number of likely N-dealkylation sites (tertiary alicyclic amines) is 1. The van der Waals surface area contributed by atoms with E-state index in [0.717, 1.165) is 25.3 Å². The molecule has 2 N–H and O–H groups in total. The zero-order chi connectivity index (χ0) is 20.0. The van der Waals surface area contributed by atoms with Crippen molar-refractivity contribution >= 4 is 5.91 Å². The molecule has 3 rings (SSSR count). The fourth-order valence-corrected chi connectivity index (χ4v) is 3.63. The monoisotopic (exact) mass is 388 g/mol. The summed E-state index contributed by atoms with van der Waals surface area (Å²) >= 11 is 0. The molecule has 0 unspecified atom stereocenters. The number of rotatable bonds is 8. The minimum Gasteiger partial charge on any atom is -0.379 e. The first-order valence-electron chi connectivity index (χ1n) is 9.68. The lowest BCUT2D eigenvalue weighted by atomic mass is 9.91. The Bertz CT molecular complexity index is 800. The van der Waals surface area contributed by atoms with Gasteiger partial charge in [-0.2, -0.15) is 0 Å². The molecule has 1 saturated heterocycles. The molecule has 28 heavy (non-hydrogen) atoms. The lowest BCUT2D eigenvalue weighted by molar-refractivity contribution is -0.156. The number of hydrogen-bond acceptors (Lipinski definition) is 3. The van der Waals surface area contributed by atoms with E-state index in [0.29, 0.717) is 25.1 Å². The van der Waals surface area contributed by atoms with Crippen molar-refractivity contribution in [3.05, 3.63) is 71.3 Å². The predicted octanol–water partition coefficient (Wildman–Crippen LogP) is 3.04. The van der Waals surface area contributed by atoms with Crippen LogP contribution in [0.3, 0.4) is 0 Å². The molecule has 1 atom stereocenters. The maximum absolute atomic E-state index is 13.7. The Hall–Kier alpha value is -2.31. The zero-order valence-electron chi connectivity index (χ0n) is 15.8. The first-order chi connectivity index (χ1) is 13.5. The van der Waals surface area contributed by atoms with Crippen molar-refractivity contribution in [2.45, 2.75) is 37.8 Å². The van der Waals surface area contributed by atoms with Gasteiger partial charge in [-0.15, -0.1) is 0 Å². The summed E-state index contributed by atoms with van der Waals surface area (Å²) < 4.78 is 26.7. The zero-order valence-corrected chi connectivity index (χ0v) is 15.8. The molecular formula is C22H26F2N2O2. The first-order valence-corrected chi connectivity index (χ1v) is 9.68. The van der Waals surface area contributed by atoms with Gasteiger partial charge in [0.15, 0.2) is 5.60 Å². The number of halogens is 2. The molecule has 4 nitrogen and oxygen atoms in total. The third kappa shape index (κ3) is 5.14. The van der Waals surface area contributed by atoms with Crippen molar-refractivity contribution in [3.63, 3.8) is 0 Å². The highest BCUT2D eigenvalue weighted by atomic mass is 19.1. The molecule has 0 saturated carbocycles. The largest absolute Gasteiger partial charge is 0.379 e. The van der Waals surface area contributed by atoms with Crippen LogP contribution < -0.4 is 5.32 Å². The van der Waals surface area contributed by atoms with Gasteiger partial charge in [-0.25, -0.2) is 8.78 Å². The van der Waals surface area contributed by atoms with Gasteiger partial charge < -0.3 is 15.3 Å². The van der Waals surface area contributed by atoms with E-state index in [1.54, 1.807) is 4.90 Å². The van der Waals surface area contributed by atoms with Crippen LogP contribution in [0, 0.1) is 11.6 Å². The van der Waals surface area contributed by atoms with Crippen LogP contribution in [0.5, 0.6) is 0 Å². The minimum atomic E-state index is -1.48. The average molecular weight is 388 g/mol. The maximum Gasteiger partial charge on any atom is 0.255 e. The van der Waals surface area contributed by atoms with E-state index in [2.05, 4.69) is 17.4 Å². The van der Waals surface area contributed by atoms with E-state index in [1.807, 2.05) is 18.2 Å². The highest BCUT2D eigenvalue weighted by molar-refractivity contribution is 5.86. The Labute approximate surface area is 164 Å². The fourth-order valence-electron chi connectivity index (χ4n) is 3.63. The van der Waals surface area contributed by atoms with E-state index in [9.17, 15) is 18.7 Å².